The zero-order valence-corrected chi connectivity index (χ0v) is 18.6. The minimum absolute atomic E-state index is 0.0175. The molecule has 0 saturated heterocycles. The number of ether oxygens (including phenoxy) is 1. The van der Waals surface area contributed by atoms with Crippen LogP contribution in [0.3, 0.4) is 0 Å². The molecule has 3 N–H and O–H groups in total. The Morgan fingerprint density at radius 2 is 2.06 bits per heavy atom. The van der Waals surface area contributed by atoms with E-state index < -0.39 is 0 Å². The Hall–Kier alpha value is -2.93. The van der Waals surface area contributed by atoms with E-state index in [4.69, 9.17) is 4.74 Å². The molecule has 0 aliphatic heterocycles. The third-order valence-electron chi connectivity index (χ3n) is 6.54. The lowest BCUT2D eigenvalue weighted by molar-refractivity contribution is 0.0850. The summed E-state index contributed by atoms with van der Waals surface area (Å²) in [4.78, 5) is 25.6. The van der Waals surface area contributed by atoms with Crippen molar-refractivity contribution in [3.8, 4) is 17.0 Å². The van der Waals surface area contributed by atoms with E-state index in [0.29, 0.717) is 23.4 Å². The van der Waals surface area contributed by atoms with Gasteiger partial charge in [-0.25, -0.2) is 9.97 Å². The quantitative estimate of drug-likeness (QED) is 0.543. The minimum Gasteiger partial charge on any atom is -0.493 e. The van der Waals surface area contributed by atoms with Crippen molar-refractivity contribution in [3.63, 3.8) is 0 Å². The number of aromatic amines is 1. The predicted octanol–water partition coefficient (Wildman–Crippen LogP) is 4.06. The summed E-state index contributed by atoms with van der Waals surface area (Å²) in [6, 6.07) is 6.10. The Bertz CT molecular complexity index is 1150. The number of aryl methyl sites for hydroxylation is 2. The van der Waals surface area contributed by atoms with Gasteiger partial charge in [0, 0.05) is 17.3 Å². The van der Waals surface area contributed by atoms with Gasteiger partial charge >= 0.3 is 0 Å². The van der Waals surface area contributed by atoms with E-state index in [0.717, 1.165) is 59.7 Å². The Balaban J connectivity index is 1.50. The first-order chi connectivity index (χ1) is 15.5. The molecule has 32 heavy (non-hydrogen) atoms. The van der Waals surface area contributed by atoms with Crippen LogP contribution in [0.4, 0.5) is 0 Å². The topological polar surface area (TPSA) is 100 Å². The summed E-state index contributed by atoms with van der Waals surface area (Å²) in [5.74, 6) is 1.29. The van der Waals surface area contributed by atoms with Gasteiger partial charge in [0.25, 0.3) is 5.91 Å². The van der Waals surface area contributed by atoms with Crippen LogP contribution in [0.2, 0.25) is 0 Å². The minimum atomic E-state index is -0.345. The van der Waals surface area contributed by atoms with Gasteiger partial charge in [0.15, 0.2) is 0 Å². The van der Waals surface area contributed by atoms with Gasteiger partial charge in [0.05, 0.1) is 23.8 Å². The van der Waals surface area contributed by atoms with Gasteiger partial charge < -0.3 is 20.1 Å². The highest BCUT2D eigenvalue weighted by Gasteiger charge is 2.27. The molecule has 2 aliphatic rings. The van der Waals surface area contributed by atoms with Crippen molar-refractivity contribution in [3.05, 3.63) is 41.3 Å². The first-order valence-electron chi connectivity index (χ1n) is 11.6. The molecular weight excluding hydrogens is 404 g/mol. The summed E-state index contributed by atoms with van der Waals surface area (Å²) in [5.41, 5.74) is 5.39. The van der Waals surface area contributed by atoms with Gasteiger partial charge in [0.1, 0.15) is 23.3 Å². The second-order valence-electron chi connectivity index (χ2n) is 9.32. The normalized spacial score (nSPS) is 21.0. The number of aliphatic hydroxyl groups is 1. The molecule has 1 aromatic carbocycles. The number of amides is 1. The molecule has 0 radical (unpaired) electrons. The molecule has 2 saturated carbocycles. The van der Waals surface area contributed by atoms with E-state index in [1.807, 2.05) is 26.0 Å². The van der Waals surface area contributed by atoms with Crippen molar-refractivity contribution >= 4 is 16.9 Å². The number of rotatable bonds is 6. The zero-order chi connectivity index (χ0) is 22.2. The summed E-state index contributed by atoms with van der Waals surface area (Å²) in [6.45, 7) is 4.65. The molecule has 5 rings (SSSR count). The lowest BCUT2D eigenvalue weighted by Gasteiger charge is -2.26. The van der Waals surface area contributed by atoms with Crippen LogP contribution in [-0.4, -0.2) is 44.7 Å². The molecule has 7 nitrogen and oxygen atoms in total. The first-order valence-corrected chi connectivity index (χ1v) is 11.6. The van der Waals surface area contributed by atoms with Crippen LogP contribution < -0.4 is 10.1 Å². The Kier molecular flexibility index (Phi) is 5.59. The number of H-pyrrole nitrogens is 1. The van der Waals surface area contributed by atoms with Crippen LogP contribution in [0.5, 0.6) is 5.75 Å². The molecule has 2 heterocycles. The summed E-state index contributed by atoms with van der Waals surface area (Å²) >= 11 is 0. The number of nitrogens with one attached hydrogen (secondary N) is 2. The van der Waals surface area contributed by atoms with Crippen LogP contribution in [0.15, 0.2) is 24.5 Å². The molecule has 168 valence electrons. The van der Waals surface area contributed by atoms with E-state index >= 15 is 0 Å². The Morgan fingerprint density at radius 1 is 1.22 bits per heavy atom. The third kappa shape index (κ3) is 4.21. The van der Waals surface area contributed by atoms with Crippen molar-refractivity contribution in [2.45, 2.75) is 64.5 Å². The highest BCUT2D eigenvalue weighted by Crippen LogP contribution is 2.37. The first kappa shape index (κ1) is 20.9. The second-order valence-corrected chi connectivity index (χ2v) is 9.32. The fourth-order valence-electron chi connectivity index (χ4n) is 4.60. The molecule has 7 heteroatoms. The average Bonchev–Trinajstić information content (AvgIpc) is 3.52. The molecule has 2 aliphatic carbocycles. The number of benzene rings is 1. The fraction of sp³-hybridized carbons (Fsp3) is 0.480. The van der Waals surface area contributed by atoms with Gasteiger partial charge in [0.2, 0.25) is 0 Å². The number of aromatic nitrogens is 3. The smallest absolute Gasteiger partial charge is 0.255 e. The average molecular weight is 435 g/mol. The van der Waals surface area contributed by atoms with Crippen LogP contribution >= 0.6 is 0 Å². The van der Waals surface area contributed by atoms with Crippen LogP contribution in [0, 0.1) is 19.8 Å². The molecule has 0 unspecified atom stereocenters. The zero-order valence-electron chi connectivity index (χ0n) is 18.6. The van der Waals surface area contributed by atoms with E-state index in [2.05, 4.69) is 26.3 Å². The number of fused-ring (bicyclic) bond motifs is 1. The maximum Gasteiger partial charge on any atom is 0.255 e. The van der Waals surface area contributed by atoms with Gasteiger partial charge in [-0.2, -0.15) is 0 Å². The molecule has 2 atom stereocenters. The highest BCUT2D eigenvalue weighted by molar-refractivity contribution is 6.09. The number of nitrogens with zero attached hydrogens (tertiary/aromatic N) is 2. The van der Waals surface area contributed by atoms with Crippen LogP contribution in [0.1, 0.15) is 60.1 Å². The number of hydrogen-bond donors (Lipinski definition) is 3. The number of aliphatic hydroxyl groups excluding tert-OH is 1. The summed E-state index contributed by atoms with van der Waals surface area (Å²) in [5, 5.41) is 13.1. The second kappa shape index (κ2) is 8.54. The van der Waals surface area contributed by atoms with Crippen molar-refractivity contribution in [1.82, 2.24) is 20.3 Å². The fourth-order valence-corrected chi connectivity index (χ4v) is 4.60. The van der Waals surface area contributed by atoms with Crippen molar-refractivity contribution in [1.29, 1.82) is 0 Å². The molecule has 0 bridgehead atoms. The monoisotopic (exact) mass is 434 g/mol. The Morgan fingerprint density at radius 3 is 2.84 bits per heavy atom. The maximum atomic E-state index is 13.2. The third-order valence-corrected chi connectivity index (χ3v) is 6.54. The van der Waals surface area contributed by atoms with E-state index in [-0.39, 0.29) is 18.1 Å². The SMILES string of the molecule is Cc1ccc(OCC2CC2)c(-c2ncnc3c(C(=O)N[C@H]4CCC[C@@H](O)C4)c(C)[nH]c23)c1. The number of carbonyl (C=O) groups is 1. The van der Waals surface area contributed by atoms with Gasteiger partial charge in [-0.1, -0.05) is 11.6 Å². The van der Waals surface area contributed by atoms with Crippen LogP contribution in [0.25, 0.3) is 22.3 Å². The maximum absolute atomic E-state index is 13.2. The largest absolute Gasteiger partial charge is 0.493 e. The van der Waals surface area contributed by atoms with Crippen molar-refractivity contribution in [2.75, 3.05) is 6.61 Å². The summed E-state index contributed by atoms with van der Waals surface area (Å²) in [6.07, 6.45) is 6.82. The van der Waals surface area contributed by atoms with E-state index in [1.165, 1.54) is 19.2 Å². The van der Waals surface area contributed by atoms with Gasteiger partial charge in [-0.05, 0) is 70.4 Å². The molecule has 1 amide bonds. The van der Waals surface area contributed by atoms with Crippen molar-refractivity contribution < 1.29 is 14.6 Å². The number of hydrogen-bond acceptors (Lipinski definition) is 5. The summed E-state index contributed by atoms with van der Waals surface area (Å²) < 4.78 is 6.14. The standard InChI is InChI=1S/C25H30N4O3/c1-14-6-9-20(32-12-16-7-8-16)19(10-14)22-24-23(27-13-26-22)21(15(2)28-24)25(31)29-17-4-3-5-18(30)11-17/h6,9-10,13,16-18,28,30H,3-5,7-8,11-12H2,1-2H3,(H,29,31)/t17-,18+/m0/s1. The van der Waals surface area contributed by atoms with Crippen molar-refractivity contribution in [2.24, 2.45) is 5.92 Å². The predicted molar refractivity (Wildman–Crippen MR) is 123 cm³/mol. The highest BCUT2D eigenvalue weighted by atomic mass is 16.5. The molecule has 2 aromatic heterocycles. The Labute approximate surface area is 187 Å². The van der Waals surface area contributed by atoms with E-state index in [1.54, 1.807) is 0 Å². The summed E-state index contributed by atoms with van der Waals surface area (Å²) in [7, 11) is 0. The molecule has 2 fully saturated rings. The van der Waals surface area contributed by atoms with E-state index in [9.17, 15) is 9.90 Å². The van der Waals surface area contributed by atoms with Crippen LogP contribution in [-0.2, 0) is 0 Å². The molecule has 0 spiro atoms. The van der Waals surface area contributed by atoms with Gasteiger partial charge in [-0.3, -0.25) is 4.79 Å². The molecular formula is C25H30N4O3. The lowest BCUT2D eigenvalue weighted by atomic mass is 9.93. The lowest BCUT2D eigenvalue weighted by Crippen LogP contribution is -2.39. The van der Waals surface area contributed by atoms with Gasteiger partial charge in [-0.15, -0.1) is 0 Å². The number of carbonyl (C=O) groups excluding carboxylic acids is 1. The molecule has 3 aromatic rings.